The lowest BCUT2D eigenvalue weighted by Crippen LogP contribution is -2.49. The molecule has 2 atom stereocenters. The third-order valence-corrected chi connectivity index (χ3v) is 5.04. The number of aromatic nitrogens is 1. The number of carbonyl (C=O) groups excluding carboxylic acids is 1. The van der Waals surface area contributed by atoms with Crippen LogP contribution in [-0.2, 0) is 12.8 Å². The van der Waals surface area contributed by atoms with Crippen LogP contribution in [-0.4, -0.2) is 41.5 Å². The van der Waals surface area contributed by atoms with Crippen LogP contribution in [0.1, 0.15) is 40.7 Å². The minimum atomic E-state index is -4.20. The third-order valence-electron chi connectivity index (χ3n) is 5.04. The molecule has 0 bridgehead atoms. The van der Waals surface area contributed by atoms with E-state index in [-0.39, 0.29) is 24.2 Å². The number of halogens is 3. The molecule has 1 aromatic rings. The van der Waals surface area contributed by atoms with Crippen molar-refractivity contribution in [1.82, 2.24) is 9.88 Å². The molecule has 1 aliphatic carbocycles. The molecule has 0 unspecified atom stereocenters. The summed E-state index contributed by atoms with van der Waals surface area (Å²) in [5.41, 5.74) is 3.80. The molecule has 0 spiro atoms. The third kappa shape index (κ3) is 2.69. The molecule has 1 saturated heterocycles. The number of Topliss-reactive ketones (excluding diaryl/α,β-unsaturated/α-hetero) is 1. The summed E-state index contributed by atoms with van der Waals surface area (Å²) in [5, 5.41) is 0. The van der Waals surface area contributed by atoms with Gasteiger partial charge in [-0.3, -0.25) is 9.69 Å². The normalized spacial score (nSPS) is 26.0. The zero-order chi connectivity index (χ0) is 16.1. The van der Waals surface area contributed by atoms with Crippen molar-refractivity contribution in [3.05, 3.63) is 22.5 Å². The second-order valence-electron chi connectivity index (χ2n) is 6.51. The van der Waals surface area contributed by atoms with Crippen LogP contribution < -0.4 is 0 Å². The molecule has 2 aliphatic rings. The van der Waals surface area contributed by atoms with Gasteiger partial charge in [-0.25, -0.2) is 0 Å². The predicted octanol–water partition coefficient (Wildman–Crippen LogP) is 3.12. The number of piperidine rings is 1. The molecule has 0 amide bonds. The Morgan fingerprint density at radius 1 is 1.36 bits per heavy atom. The Balaban J connectivity index is 1.85. The molecule has 3 rings (SSSR count). The topological polar surface area (TPSA) is 36.1 Å². The highest BCUT2D eigenvalue weighted by Gasteiger charge is 2.43. The van der Waals surface area contributed by atoms with Gasteiger partial charge in [-0.1, -0.05) is 6.92 Å². The molecule has 3 nitrogen and oxygen atoms in total. The molecule has 0 radical (unpaired) electrons. The predicted molar refractivity (Wildman–Crippen MR) is 77.0 cm³/mol. The van der Waals surface area contributed by atoms with Gasteiger partial charge in [0.25, 0.3) is 0 Å². The average Bonchev–Trinajstić information content (AvgIpc) is 2.73. The summed E-state index contributed by atoms with van der Waals surface area (Å²) in [6.45, 7) is 3.71. The minimum Gasteiger partial charge on any atom is -0.362 e. The van der Waals surface area contributed by atoms with E-state index in [0.29, 0.717) is 13.0 Å². The SMILES string of the molecule is CCc1c(C)[nH]c2c1C(=O)[C@@H]1CN(CC(F)(F)F)CC[C@H]1C2. The maximum absolute atomic E-state index is 12.8. The largest absolute Gasteiger partial charge is 0.401 e. The van der Waals surface area contributed by atoms with Gasteiger partial charge >= 0.3 is 6.18 Å². The Bertz CT molecular complexity index is 591. The molecule has 22 heavy (non-hydrogen) atoms. The van der Waals surface area contributed by atoms with E-state index in [0.717, 1.165) is 35.4 Å². The van der Waals surface area contributed by atoms with Crippen molar-refractivity contribution in [2.24, 2.45) is 11.8 Å². The number of nitrogens with one attached hydrogen (secondary N) is 1. The Morgan fingerprint density at radius 2 is 2.09 bits per heavy atom. The molecule has 1 aromatic heterocycles. The van der Waals surface area contributed by atoms with Crippen molar-refractivity contribution in [2.45, 2.75) is 39.3 Å². The number of fused-ring (bicyclic) bond motifs is 2. The van der Waals surface area contributed by atoms with Crippen LogP contribution in [0.4, 0.5) is 13.2 Å². The van der Waals surface area contributed by atoms with Crippen LogP contribution in [0.5, 0.6) is 0 Å². The van der Waals surface area contributed by atoms with Gasteiger partial charge in [0, 0.05) is 29.4 Å². The molecule has 122 valence electrons. The molecule has 1 fully saturated rings. The summed E-state index contributed by atoms with van der Waals surface area (Å²) in [7, 11) is 0. The molecule has 1 aliphatic heterocycles. The zero-order valence-corrected chi connectivity index (χ0v) is 12.9. The van der Waals surface area contributed by atoms with E-state index in [1.54, 1.807) is 0 Å². The Hall–Kier alpha value is -1.30. The second-order valence-corrected chi connectivity index (χ2v) is 6.51. The Morgan fingerprint density at radius 3 is 2.73 bits per heavy atom. The van der Waals surface area contributed by atoms with Crippen molar-refractivity contribution in [1.29, 1.82) is 0 Å². The molecular weight excluding hydrogens is 293 g/mol. The van der Waals surface area contributed by atoms with Gasteiger partial charge in [-0.15, -0.1) is 0 Å². The van der Waals surface area contributed by atoms with E-state index >= 15 is 0 Å². The van der Waals surface area contributed by atoms with Crippen molar-refractivity contribution in [3.63, 3.8) is 0 Å². The van der Waals surface area contributed by atoms with Gasteiger partial charge in [0.1, 0.15) is 0 Å². The lowest BCUT2D eigenvalue weighted by atomic mass is 9.72. The maximum atomic E-state index is 12.8. The fraction of sp³-hybridized carbons (Fsp3) is 0.688. The minimum absolute atomic E-state index is 0.0410. The number of aromatic amines is 1. The summed E-state index contributed by atoms with van der Waals surface area (Å²) in [4.78, 5) is 17.5. The van der Waals surface area contributed by atoms with Crippen LogP contribution in [0.25, 0.3) is 0 Å². The molecular formula is C16H21F3N2O. The first-order valence-electron chi connectivity index (χ1n) is 7.83. The fourth-order valence-corrected chi connectivity index (χ4v) is 4.08. The first-order valence-corrected chi connectivity index (χ1v) is 7.83. The van der Waals surface area contributed by atoms with Crippen LogP contribution in [0.15, 0.2) is 0 Å². The maximum Gasteiger partial charge on any atom is 0.401 e. The molecule has 0 saturated carbocycles. The van der Waals surface area contributed by atoms with Crippen LogP contribution >= 0.6 is 0 Å². The number of aryl methyl sites for hydroxylation is 1. The van der Waals surface area contributed by atoms with Crippen molar-refractivity contribution in [3.8, 4) is 0 Å². The van der Waals surface area contributed by atoms with E-state index in [2.05, 4.69) is 4.98 Å². The Labute approximate surface area is 127 Å². The second kappa shape index (κ2) is 5.41. The number of hydrogen-bond donors (Lipinski definition) is 1. The van der Waals surface area contributed by atoms with Crippen LogP contribution in [0.2, 0.25) is 0 Å². The molecule has 0 aromatic carbocycles. The number of H-pyrrole nitrogens is 1. The number of carbonyl (C=O) groups is 1. The highest BCUT2D eigenvalue weighted by atomic mass is 19.4. The quantitative estimate of drug-likeness (QED) is 0.910. The molecule has 2 heterocycles. The van der Waals surface area contributed by atoms with Crippen LogP contribution in [0.3, 0.4) is 0 Å². The monoisotopic (exact) mass is 314 g/mol. The van der Waals surface area contributed by atoms with E-state index < -0.39 is 12.7 Å². The molecule has 6 heteroatoms. The van der Waals surface area contributed by atoms with Gasteiger partial charge in [0.15, 0.2) is 5.78 Å². The first-order chi connectivity index (χ1) is 10.3. The smallest absolute Gasteiger partial charge is 0.362 e. The summed E-state index contributed by atoms with van der Waals surface area (Å²) >= 11 is 0. The van der Waals surface area contributed by atoms with Crippen molar-refractivity contribution in [2.75, 3.05) is 19.6 Å². The first kappa shape index (κ1) is 15.6. The van der Waals surface area contributed by atoms with Crippen molar-refractivity contribution < 1.29 is 18.0 Å². The number of nitrogens with zero attached hydrogens (tertiary/aromatic N) is 1. The number of alkyl halides is 3. The van der Waals surface area contributed by atoms with Crippen molar-refractivity contribution >= 4 is 5.78 Å². The highest BCUT2D eigenvalue weighted by Crippen LogP contribution is 2.38. The standard InChI is InChI=1S/C16H21F3N2O/c1-3-11-9(2)20-13-6-10-4-5-21(8-16(17,18)19)7-12(10)15(22)14(11)13/h10,12,20H,3-8H2,1-2H3/t10-,12+/m0/s1. The van der Waals surface area contributed by atoms with Gasteiger partial charge in [0.2, 0.25) is 0 Å². The summed E-state index contributed by atoms with van der Waals surface area (Å²) < 4.78 is 37.8. The summed E-state index contributed by atoms with van der Waals surface area (Å²) in [6.07, 6.45) is -1.99. The lowest BCUT2D eigenvalue weighted by molar-refractivity contribution is -0.150. The van der Waals surface area contributed by atoms with E-state index in [1.165, 1.54) is 4.90 Å². The van der Waals surface area contributed by atoms with E-state index in [1.807, 2.05) is 13.8 Å². The summed E-state index contributed by atoms with van der Waals surface area (Å²) in [6, 6.07) is 0. The number of hydrogen-bond acceptors (Lipinski definition) is 2. The lowest BCUT2D eigenvalue weighted by Gasteiger charge is -2.40. The van der Waals surface area contributed by atoms with Gasteiger partial charge in [0.05, 0.1) is 6.54 Å². The number of likely N-dealkylation sites (tertiary alicyclic amines) is 1. The number of ketones is 1. The zero-order valence-electron chi connectivity index (χ0n) is 12.9. The highest BCUT2D eigenvalue weighted by molar-refractivity contribution is 6.02. The number of rotatable bonds is 2. The fourth-order valence-electron chi connectivity index (χ4n) is 4.08. The van der Waals surface area contributed by atoms with Gasteiger partial charge in [-0.2, -0.15) is 13.2 Å². The van der Waals surface area contributed by atoms with E-state index in [4.69, 9.17) is 0 Å². The van der Waals surface area contributed by atoms with E-state index in [9.17, 15) is 18.0 Å². The van der Waals surface area contributed by atoms with Gasteiger partial charge < -0.3 is 4.98 Å². The summed E-state index contributed by atoms with van der Waals surface area (Å²) in [5.74, 6) is -0.0735. The Kier molecular flexibility index (Phi) is 3.83. The molecule has 1 N–H and O–H groups in total. The van der Waals surface area contributed by atoms with Gasteiger partial charge in [-0.05, 0) is 44.2 Å². The average molecular weight is 314 g/mol. The van der Waals surface area contributed by atoms with Crippen LogP contribution in [0, 0.1) is 18.8 Å².